The summed E-state index contributed by atoms with van der Waals surface area (Å²) >= 11 is 2.14. The Morgan fingerprint density at radius 2 is 1.79 bits per heavy atom. The maximum Gasteiger partial charge on any atom is 0.267 e. The number of amides is 1. The molecule has 0 bridgehead atoms. The molecule has 5 rings (SSSR count). The van der Waals surface area contributed by atoms with Crippen LogP contribution in [-0.4, -0.2) is 17.0 Å². The predicted molar refractivity (Wildman–Crippen MR) is 117 cm³/mol. The quantitative estimate of drug-likeness (QED) is 0.365. The fourth-order valence-electron chi connectivity index (χ4n) is 4.95. The summed E-state index contributed by atoms with van der Waals surface area (Å²) in [7, 11) is 0. The molecule has 2 aliphatic heterocycles. The predicted octanol–water partition coefficient (Wildman–Crippen LogP) is 6.04. The van der Waals surface area contributed by atoms with Crippen LogP contribution in [-0.2, 0) is 0 Å². The molecule has 2 aromatic rings. The minimum Gasteiger partial charge on any atom is -0.268 e. The molecule has 1 amide bonds. The van der Waals surface area contributed by atoms with Crippen LogP contribution < -0.4 is 3.11 Å². The number of hydrogen-bond acceptors (Lipinski definition) is 4. The van der Waals surface area contributed by atoms with Crippen molar-refractivity contribution in [1.82, 2.24) is 5.01 Å². The number of carbonyl (C=O) groups excluding carboxylic acids is 1. The van der Waals surface area contributed by atoms with Gasteiger partial charge in [0.15, 0.2) is 0 Å². The smallest absolute Gasteiger partial charge is 0.267 e. The van der Waals surface area contributed by atoms with Crippen LogP contribution in [0.2, 0.25) is 0 Å². The zero-order valence-corrected chi connectivity index (χ0v) is 18.0. The first-order valence-corrected chi connectivity index (χ1v) is 11.0. The van der Waals surface area contributed by atoms with Gasteiger partial charge in [-0.15, -0.1) is 0 Å². The van der Waals surface area contributed by atoms with Crippen molar-refractivity contribution in [3.63, 3.8) is 0 Å². The highest BCUT2D eigenvalue weighted by Gasteiger charge is 2.44. The van der Waals surface area contributed by atoms with Gasteiger partial charge in [0.2, 0.25) is 0 Å². The summed E-state index contributed by atoms with van der Waals surface area (Å²) < 4.78 is 1.75. The van der Waals surface area contributed by atoms with Gasteiger partial charge in [0.05, 0.1) is 28.6 Å². The van der Waals surface area contributed by atoms with Crippen LogP contribution in [0.5, 0.6) is 0 Å². The third-order valence-electron chi connectivity index (χ3n) is 6.30. The van der Waals surface area contributed by atoms with Crippen LogP contribution in [0.25, 0.3) is 0 Å². The summed E-state index contributed by atoms with van der Waals surface area (Å²) in [5.74, 6) is 0.716. The van der Waals surface area contributed by atoms with Crippen molar-refractivity contribution in [1.29, 1.82) is 0 Å². The first-order chi connectivity index (χ1) is 13.6. The monoisotopic (exact) mass is 486 g/mol. The second kappa shape index (κ2) is 7.13. The average Bonchev–Trinajstić information content (AvgIpc) is 3.16. The Morgan fingerprint density at radius 3 is 2.61 bits per heavy atom. The van der Waals surface area contributed by atoms with Crippen molar-refractivity contribution in [3.8, 4) is 0 Å². The van der Waals surface area contributed by atoms with Gasteiger partial charge in [-0.1, -0.05) is 61.4 Å². The van der Waals surface area contributed by atoms with Crippen LogP contribution in [0, 0.1) is 5.92 Å². The summed E-state index contributed by atoms with van der Waals surface area (Å²) in [5, 5.41) is 11.7. The molecule has 1 aliphatic carbocycles. The molecule has 144 valence electrons. The van der Waals surface area contributed by atoms with Gasteiger partial charge in [-0.25, -0.2) is 3.11 Å². The maximum atomic E-state index is 13.2. The van der Waals surface area contributed by atoms with Crippen LogP contribution in [0.3, 0.4) is 0 Å². The van der Waals surface area contributed by atoms with Gasteiger partial charge in [0.25, 0.3) is 5.91 Å². The van der Waals surface area contributed by atoms with Crippen LogP contribution >= 0.6 is 22.9 Å². The highest BCUT2D eigenvalue weighted by atomic mass is 127. The van der Waals surface area contributed by atoms with Crippen molar-refractivity contribution in [2.75, 3.05) is 3.11 Å². The minimum atomic E-state index is -0.149. The zero-order chi connectivity index (χ0) is 19.3. The molecule has 0 radical (unpaired) electrons. The summed E-state index contributed by atoms with van der Waals surface area (Å²) in [5.41, 5.74) is 3.77. The van der Waals surface area contributed by atoms with Crippen LogP contribution in [0.1, 0.15) is 66.2 Å². The van der Waals surface area contributed by atoms with E-state index in [-0.39, 0.29) is 18.0 Å². The molecule has 28 heavy (non-hydrogen) atoms. The van der Waals surface area contributed by atoms with Crippen molar-refractivity contribution < 1.29 is 4.79 Å². The number of halogens is 1. The van der Waals surface area contributed by atoms with E-state index in [4.69, 9.17) is 10.3 Å². The molecular weight excluding hydrogens is 463 g/mol. The number of hydrogen-bond donors (Lipinski definition) is 0. The Hall–Kier alpha value is -1.96. The topological polar surface area (TPSA) is 48.3 Å². The number of benzene rings is 2. The summed E-state index contributed by atoms with van der Waals surface area (Å²) in [6.45, 7) is 2.34. The van der Waals surface area contributed by atoms with E-state index in [1.54, 1.807) is 3.11 Å². The number of para-hydroxylation sites is 1. The molecule has 4 unspecified atom stereocenters. The maximum absolute atomic E-state index is 13.2. The summed E-state index contributed by atoms with van der Waals surface area (Å²) in [6.07, 6.45) is 4.84. The second-order valence-electron chi connectivity index (χ2n) is 8.13. The summed E-state index contributed by atoms with van der Waals surface area (Å²) in [6, 6.07) is 16.4. The fourth-order valence-corrected chi connectivity index (χ4v) is 5.65. The lowest BCUT2D eigenvalue weighted by molar-refractivity contribution is 0.0974. The van der Waals surface area contributed by atoms with Crippen molar-refractivity contribution in [3.05, 3.63) is 65.2 Å². The Balaban J connectivity index is 1.66. The Bertz CT molecular complexity index is 946. The number of fused-ring (bicyclic) bond motifs is 5. The molecule has 5 nitrogen and oxygen atoms in total. The molecule has 0 spiro atoms. The largest absolute Gasteiger partial charge is 0.268 e. The summed E-state index contributed by atoms with van der Waals surface area (Å²) in [4.78, 5) is 13.2. The number of carbonyl (C=O) groups is 1. The van der Waals surface area contributed by atoms with Gasteiger partial charge in [-0.3, -0.25) is 9.80 Å². The van der Waals surface area contributed by atoms with E-state index >= 15 is 0 Å². The molecule has 0 aromatic heterocycles. The van der Waals surface area contributed by atoms with E-state index in [2.05, 4.69) is 46.9 Å². The highest BCUT2D eigenvalue weighted by Crippen LogP contribution is 2.50. The van der Waals surface area contributed by atoms with Crippen molar-refractivity contribution in [2.45, 2.75) is 50.7 Å². The normalized spacial score (nSPS) is 29.0. The first-order valence-electron chi connectivity index (χ1n) is 10.0. The molecule has 4 atom stereocenters. The van der Waals surface area contributed by atoms with Crippen molar-refractivity contribution >= 4 is 34.5 Å². The Labute approximate surface area is 179 Å². The molecule has 0 N–H and O–H groups in total. The number of anilines is 1. The first kappa shape index (κ1) is 18.1. The molecule has 0 saturated heterocycles. The van der Waals surface area contributed by atoms with Gasteiger partial charge in [-0.2, -0.15) is 5.11 Å². The van der Waals surface area contributed by atoms with Gasteiger partial charge < -0.3 is 0 Å². The molecule has 6 heteroatoms. The van der Waals surface area contributed by atoms with E-state index in [9.17, 15) is 4.79 Å². The Morgan fingerprint density at radius 1 is 1.04 bits per heavy atom. The van der Waals surface area contributed by atoms with E-state index < -0.39 is 0 Å². The van der Waals surface area contributed by atoms with Crippen LogP contribution in [0.4, 0.5) is 5.69 Å². The average molecular weight is 486 g/mol. The zero-order valence-electron chi connectivity index (χ0n) is 15.8. The lowest BCUT2D eigenvalue weighted by atomic mass is 9.83. The van der Waals surface area contributed by atoms with Gasteiger partial charge in [0, 0.05) is 17.2 Å². The number of nitrogens with zero attached hydrogens (tertiary/aromatic N) is 4. The third-order valence-corrected chi connectivity index (χ3v) is 7.26. The molecule has 1 saturated carbocycles. The van der Waals surface area contributed by atoms with E-state index in [1.807, 2.05) is 36.4 Å². The lowest BCUT2D eigenvalue weighted by Crippen LogP contribution is -2.38. The SMILES string of the molecule is CC1CCCC(N2N=NC3c4ccccc4C(=O)N(I)c4ccccc4C32)C1. The molecule has 2 heterocycles. The fraction of sp³-hybridized carbons (Fsp3) is 0.409. The van der Waals surface area contributed by atoms with Crippen molar-refractivity contribution in [2.24, 2.45) is 16.3 Å². The van der Waals surface area contributed by atoms with Gasteiger partial charge in [0.1, 0.15) is 12.1 Å². The van der Waals surface area contributed by atoms with E-state index in [1.165, 1.54) is 12.8 Å². The molecule has 3 aliphatic rings. The van der Waals surface area contributed by atoms with Gasteiger partial charge >= 0.3 is 0 Å². The highest BCUT2D eigenvalue weighted by molar-refractivity contribution is 14.1. The minimum absolute atomic E-state index is 0.00189. The number of rotatable bonds is 1. The molecule has 2 aromatic carbocycles. The van der Waals surface area contributed by atoms with Gasteiger partial charge in [-0.05, 0) is 36.5 Å². The lowest BCUT2D eigenvalue weighted by Gasteiger charge is -2.39. The molecule has 1 fully saturated rings. The third kappa shape index (κ3) is 2.84. The van der Waals surface area contributed by atoms with E-state index in [0.717, 1.165) is 35.2 Å². The van der Waals surface area contributed by atoms with E-state index in [0.29, 0.717) is 12.0 Å². The standard InChI is InChI=1S/C22H23IN4O/c1-14-7-6-8-15(13-14)27-21-18-11-4-5-12-19(18)26(23)22(28)17-10-3-2-9-16(17)20(21)24-25-27/h2-5,9-12,14-15,20-21H,6-8,13H2,1H3. The Kier molecular flexibility index (Phi) is 4.61. The molecular formula is C22H23IN4O. The van der Waals surface area contributed by atoms with Crippen LogP contribution in [0.15, 0.2) is 58.9 Å². The second-order valence-corrected chi connectivity index (χ2v) is 9.10.